The average Bonchev–Trinajstić information content (AvgIpc) is 2.68. The molecule has 0 aromatic heterocycles. The molecule has 0 atom stereocenters. The Kier molecular flexibility index (Phi) is 5.92. The third-order valence-electron chi connectivity index (χ3n) is 4.70. The second-order valence-corrected chi connectivity index (χ2v) is 8.56. The van der Waals surface area contributed by atoms with Crippen LogP contribution in [0.1, 0.15) is 11.1 Å². The first-order valence-electron chi connectivity index (χ1n) is 8.70. The second-order valence-electron chi connectivity index (χ2n) is 6.63. The Balaban J connectivity index is 1.60. The van der Waals surface area contributed by atoms with E-state index in [4.69, 9.17) is 0 Å². The summed E-state index contributed by atoms with van der Waals surface area (Å²) in [7, 11) is -3.76. The third-order valence-corrected chi connectivity index (χ3v) is 6.62. The largest absolute Gasteiger partial charge is 0.416 e. The van der Waals surface area contributed by atoms with Crippen molar-refractivity contribution in [3.8, 4) is 0 Å². The summed E-state index contributed by atoms with van der Waals surface area (Å²) >= 11 is 0. The van der Waals surface area contributed by atoms with Gasteiger partial charge in [-0.1, -0.05) is 12.1 Å². The molecule has 1 saturated heterocycles. The standard InChI is InChI=1S/C18H18F3N3O4S/c19-18(20,21)15-3-1-14(2-4-15)13-22-9-11-23(12-10-22)29(27,28)17-7-5-16(6-8-17)24(25)26/h1-8H,9-13H2. The molecule has 0 spiro atoms. The zero-order chi connectivity index (χ0) is 21.2. The first-order valence-corrected chi connectivity index (χ1v) is 10.1. The maximum Gasteiger partial charge on any atom is 0.416 e. The predicted molar refractivity (Wildman–Crippen MR) is 98.6 cm³/mol. The van der Waals surface area contributed by atoms with E-state index in [1.165, 1.54) is 28.6 Å². The second kappa shape index (κ2) is 8.09. The molecule has 11 heteroatoms. The van der Waals surface area contributed by atoms with Gasteiger partial charge >= 0.3 is 6.18 Å². The molecule has 2 aromatic carbocycles. The highest BCUT2D eigenvalue weighted by Crippen LogP contribution is 2.29. The van der Waals surface area contributed by atoms with Crippen LogP contribution in [0.5, 0.6) is 0 Å². The molecular formula is C18H18F3N3O4S. The number of sulfonamides is 1. The Morgan fingerprint density at radius 2 is 1.48 bits per heavy atom. The molecule has 1 aliphatic heterocycles. The summed E-state index contributed by atoms with van der Waals surface area (Å²) in [5, 5.41) is 10.7. The van der Waals surface area contributed by atoms with Crippen LogP contribution < -0.4 is 0 Å². The lowest BCUT2D eigenvalue weighted by Crippen LogP contribution is -2.48. The van der Waals surface area contributed by atoms with Gasteiger partial charge in [0.2, 0.25) is 10.0 Å². The van der Waals surface area contributed by atoms with E-state index in [2.05, 4.69) is 0 Å². The van der Waals surface area contributed by atoms with Crippen LogP contribution in [0.25, 0.3) is 0 Å². The van der Waals surface area contributed by atoms with E-state index in [0.717, 1.165) is 24.3 Å². The number of hydrogen-bond donors (Lipinski definition) is 0. The molecule has 1 aliphatic rings. The molecule has 0 bridgehead atoms. The van der Waals surface area contributed by atoms with Crippen molar-refractivity contribution >= 4 is 15.7 Å². The Morgan fingerprint density at radius 1 is 0.931 bits per heavy atom. The summed E-state index contributed by atoms with van der Waals surface area (Å²) in [4.78, 5) is 12.0. The number of halogens is 3. The van der Waals surface area contributed by atoms with Crippen LogP contribution >= 0.6 is 0 Å². The van der Waals surface area contributed by atoms with Crippen molar-refractivity contribution in [2.75, 3.05) is 26.2 Å². The quantitative estimate of drug-likeness (QED) is 0.539. The van der Waals surface area contributed by atoms with E-state index < -0.39 is 26.7 Å². The van der Waals surface area contributed by atoms with Crippen molar-refractivity contribution in [3.05, 3.63) is 69.8 Å². The third kappa shape index (κ3) is 4.92. The number of alkyl halides is 3. The summed E-state index contributed by atoms with van der Waals surface area (Å²) in [6, 6.07) is 9.62. The van der Waals surface area contributed by atoms with Gasteiger partial charge in [0.05, 0.1) is 15.4 Å². The number of benzene rings is 2. The van der Waals surface area contributed by atoms with Crippen LogP contribution in [-0.2, 0) is 22.7 Å². The molecule has 3 rings (SSSR count). The van der Waals surface area contributed by atoms with Crippen molar-refractivity contribution in [3.63, 3.8) is 0 Å². The molecule has 1 fully saturated rings. The van der Waals surface area contributed by atoms with Crippen LogP contribution in [0.2, 0.25) is 0 Å². The van der Waals surface area contributed by atoms with Gasteiger partial charge in [-0.25, -0.2) is 8.42 Å². The van der Waals surface area contributed by atoms with Gasteiger partial charge < -0.3 is 0 Å². The lowest BCUT2D eigenvalue weighted by molar-refractivity contribution is -0.384. The number of nitro benzene ring substituents is 1. The summed E-state index contributed by atoms with van der Waals surface area (Å²) in [5.41, 5.74) is -0.185. The van der Waals surface area contributed by atoms with Gasteiger partial charge in [-0.3, -0.25) is 15.0 Å². The minimum Gasteiger partial charge on any atom is -0.296 e. The molecule has 7 nitrogen and oxygen atoms in total. The van der Waals surface area contributed by atoms with Gasteiger partial charge in [0, 0.05) is 44.9 Å². The average molecular weight is 429 g/mol. The molecule has 0 N–H and O–H groups in total. The summed E-state index contributed by atoms with van der Waals surface area (Å²) < 4.78 is 64.6. The van der Waals surface area contributed by atoms with Gasteiger partial charge in [0.25, 0.3) is 5.69 Å². The van der Waals surface area contributed by atoms with E-state index in [9.17, 15) is 31.7 Å². The van der Waals surface area contributed by atoms with Crippen molar-refractivity contribution in [1.29, 1.82) is 0 Å². The zero-order valence-corrected chi connectivity index (χ0v) is 16.0. The maximum atomic E-state index is 12.7. The molecule has 0 saturated carbocycles. The lowest BCUT2D eigenvalue weighted by Gasteiger charge is -2.34. The fraction of sp³-hybridized carbons (Fsp3) is 0.333. The first-order chi connectivity index (χ1) is 13.6. The molecule has 0 radical (unpaired) electrons. The number of piperazine rings is 1. The highest BCUT2D eigenvalue weighted by atomic mass is 32.2. The summed E-state index contributed by atoms with van der Waals surface area (Å²) in [6.07, 6.45) is -4.38. The van der Waals surface area contributed by atoms with Gasteiger partial charge in [0.15, 0.2) is 0 Å². The fourth-order valence-electron chi connectivity index (χ4n) is 3.07. The summed E-state index contributed by atoms with van der Waals surface area (Å²) in [5.74, 6) is 0. The molecule has 2 aromatic rings. The van der Waals surface area contributed by atoms with Gasteiger partial charge in [0.1, 0.15) is 0 Å². The number of nitrogens with zero attached hydrogens (tertiary/aromatic N) is 3. The Hall–Kier alpha value is -2.50. The highest BCUT2D eigenvalue weighted by Gasteiger charge is 2.31. The molecule has 0 unspecified atom stereocenters. The van der Waals surface area contributed by atoms with Crippen LogP contribution in [0.15, 0.2) is 53.4 Å². The zero-order valence-electron chi connectivity index (χ0n) is 15.2. The molecule has 29 heavy (non-hydrogen) atoms. The monoisotopic (exact) mass is 429 g/mol. The minimum absolute atomic E-state index is 0.0145. The van der Waals surface area contributed by atoms with Crippen LogP contribution in [0.4, 0.5) is 18.9 Å². The SMILES string of the molecule is O=[N+]([O-])c1ccc(S(=O)(=O)N2CCN(Cc3ccc(C(F)(F)F)cc3)CC2)cc1. The number of nitro groups is 1. The molecule has 156 valence electrons. The highest BCUT2D eigenvalue weighted by molar-refractivity contribution is 7.89. The van der Waals surface area contributed by atoms with E-state index in [1.54, 1.807) is 0 Å². The predicted octanol–water partition coefficient (Wildman–Crippen LogP) is 3.12. The van der Waals surface area contributed by atoms with Crippen LogP contribution in [-0.4, -0.2) is 48.7 Å². The Morgan fingerprint density at radius 3 is 1.97 bits per heavy atom. The van der Waals surface area contributed by atoms with E-state index in [0.29, 0.717) is 25.2 Å². The molecule has 0 aliphatic carbocycles. The lowest BCUT2D eigenvalue weighted by atomic mass is 10.1. The molecular weight excluding hydrogens is 411 g/mol. The number of rotatable bonds is 5. The fourth-order valence-corrected chi connectivity index (χ4v) is 4.50. The first kappa shape index (κ1) is 21.2. The topological polar surface area (TPSA) is 83.8 Å². The minimum atomic E-state index is -4.38. The Labute approximate surface area is 165 Å². The normalized spacial score (nSPS) is 16.7. The van der Waals surface area contributed by atoms with Crippen molar-refractivity contribution in [2.24, 2.45) is 0 Å². The van der Waals surface area contributed by atoms with E-state index in [1.807, 2.05) is 4.90 Å². The molecule has 1 heterocycles. The van der Waals surface area contributed by atoms with Crippen LogP contribution in [0.3, 0.4) is 0 Å². The van der Waals surface area contributed by atoms with Gasteiger partial charge in [-0.05, 0) is 29.8 Å². The Bertz CT molecular complexity index is 969. The summed E-state index contributed by atoms with van der Waals surface area (Å²) in [6.45, 7) is 1.71. The molecule has 0 amide bonds. The van der Waals surface area contributed by atoms with Crippen LogP contribution in [0, 0.1) is 10.1 Å². The van der Waals surface area contributed by atoms with Gasteiger partial charge in [-0.15, -0.1) is 0 Å². The smallest absolute Gasteiger partial charge is 0.296 e. The van der Waals surface area contributed by atoms with Gasteiger partial charge in [-0.2, -0.15) is 17.5 Å². The van der Waals surface area contributed by atoms with E-state index in [-0.39, 0.29) is 23.7 Å². The van der Waals surface area contributed by atoms with Crippen molar-refractivity contribution in [2.45, 2.75) is 17.6 Å². The van der Waals surface area contributed by atoms with Crippen molar-refractivity contribution in [1.82, 2.24) is 9.21 Å². The number of non-ortho nitro benzene ring substituents is 1. The van der Waals surface area contributed by atoms with Crippen molar-refractivity contribution < 1.29 is 26.5 Å². The number of hydrogen-bond acceptors (Lipinski definition) is 5. The van der Waals surface area contributed by atoms with E-state index >= 15 is 0 Å². The maximum absolute atomic E-state index is 12.7.